The van der Waals surface area contributed by atoms with Crippen LogP contribution in [-0.2, 0) is 0 Å². The lowest BCUT2D eigenvalue weighted by atomic mass is 9.68. The molecule has 4 nitrogen and oxygen atoms in total. The first-order valence-electron chi connectivity index (χ1n) is 5.48. The summed E-state index contributed by atoms with van der Waals surface area (Å²) in [7, 11) is 0. The maximum absolute atomic E-state index is 5.28. The van der Waals surface area contributed by atoms with Crippen molar-refractivity contribution < 1.29 is 0 Å². The Morgan fingerprint density at radius 2 is 2.07 bits per heavy atom. The highest BCUT2D eigenvalue weighted by Gasteiger charge is 2.42. The number of nitrogens with zero attached hydrogens (tertiary/aromatic N) is 2. The molecule has 0 amide bonds. The highest BCUT2D eigenvalue weighted by Crippen LogP contribution is 2.47. The predicted octanol–water partition coefficient (Wildman–Crippen LogP) is 0.136. The van der Waals surface area contributed by atoms with Crippen molar-refractivity contribution >= 4 is 5.96 Å². The maximum Gasteiger partial charge on any atom is 0.185 e. The third kappa shape index (κ3) is 2.00. The molecule has 2 aliphatic rings. The monoisotopic (exact) mass is 196 g/mol. The summed E-state index contributed by atoms with van der Waals surface area (Å²) < 4.78 is 0. The lowest BCUT2D eigenvalue weighted by Gasteiger charge is -2.38. The topological polar surface area (TPSA) is 67.6 Å². The summed E-state index contributed by atoms with van der Waals surface area (Å²) in [5, 5.41) is 0. The van der Waals surface area contributed by atoms with E-state index in [9.17, 15) is 0 Å². The smallest absolute Gasteiger partial charge is 0.185 e. The standard InChI is InChI=1S/C10H20N4/c11-9(12)13-5-7-14-6-4-10(8-14)2-1-3-10/h1-8H2,(H4,11,12,13). The Balaban J connectivity index is 1.71. The fraction of sp³-hybridized carbons (Fsp3) is 0.900. The van der Waals surface area contributed by atoms with Gasteiger partial charge in [-0.05, 0) is 31.2 Å². The van der Waals surface area contributed by atoms with E-state index >= 15 is 0 Å². The number of hydrogen-bond acceptors (Lipinski definition) is 2. The Morgan fingerprint density at radius 3 is 2.57 bits per heavy atom. The van der Waals surface area contributed by atoms with Gasteiger partial charge in [0.05, 0.1) is 6.54 Å². The van der Waals surface area contributed by atoms with Crippen molar-refractivity contribution in [1.29, 1.82) is 0 Å². The number of aliphatic imine (C=N–C) groups is 1. The van der Waals surface area contributed by atoms with Gasteiger partial charge in [0.2, 0.25) is 0 Å². The van der Waals surface area contributed by atoms with Crippen LogP contribution in [0.1, 0.15) is 25.7 Å². The van der Waals surface area contributed by atoms with Gasteiger partial charge in [-0.2, -0.15) is 0 Å². The number of rotatable bonds is 3. The maximum atomic E-state index is 5.28. The van der Waals surface area contributed by atoms with Crippen LogP contribution in [0.15, 0.2) is 4.99 Å². The summed E-state index contributed by atoms with van der Waals surface area (Å²) in [5.41, 5.74) is 11.2. The Bertz CT molecular complexity index is 228. The van der Waals surface area contributed by atoms with Gasteiger partial charge in [0.15, 0.2) is 5.96 Å². The fourth-order valence-corrected chi connectivity index (χ4v) is 2.62. The minimum Gasteiger partial charge on any atom is -0.370 e. The van der Waals surface area contributed by atoms with Crippen LogP contribution in [0.5, 0.6) is 0 Å². The van der Waals surface area contributed by atoms with E-state index in [0.29, 0.717) is 5.41 Å². The SMILES string of the molecule is NC(N)=NCCN1CCC2(CCC2)C1. The molecule has 4 heteroatoms. The van der Waals surface area contributed by atoms with Crippen LogP contribution in [0.4, 0.5) is 0 Å². The molecule has 80 valence electrons. The highest BCUT2D eigenvalue weighted by atomic mass is 15.2. The minimum atomic E-state index is 0.211. The van der Waals surface area contributed by atoms with Crippen LogP contribution in [0.3, 0.4) is 0 Å². The second-order valence-electron chi connectivity index (χ2n) is 4.69. The van der Waals surface area contributed by atoms with Gasteiger partial charge < -0.3 is 16.4 Å². The van der Waals surface area contributed by atoms with Crippen LogP contribution in [0.25, 0.3) is 0 Å². The summed E-state index contributed by atoms with van der Waals surface area (Å²) in [6.07, 6.45) is 5.69. The lowest BCUT2D eigenvalue weighted by molar-refractivity contribution is 0.140. The second-order valence-corrected chi connectivity index (χ2v) is 4.69. The molecule has 14 heavy (non-hydrogen) atoms. The molecule has 1 saturated heterocycles. The molecular formula is C10H20N4. The first-order chi connectivity index (χ1) is 6.70. The van der Waals surface area contributed by atoms with Crippen LogP contribution >= 0.6 is 0 Å². The van der Waals surface area contributed by atoms with Crippen LogP contribution in [0, 0.1) is 5.41 Å². The first-order valence-corrected chi connectivity index (χ1v) is 5.48. The summed E-state index contributed by atoms with van der Waals surface area (Å²) >= 11 is 0. The van der Waals surface area contributed by atoms with Gasteiger partial charge in [-0.25, -0.2) is 0 Å². The van der Waals surface area contributed by atoms with E-state index in [-0.39, 0.29) is 5.96 Å². The Labute approximate surface area is 85.3 Å². The Morgan fingerprint density at radius 1 is 1.29 bits per heavy atom. The van der Waals surface area contributed by atoms with E-state index in [1.54, 1.807) is 0 Å². The van der Waals surface area contributed by atoms with E-state index in [0.717, 1.165) is 13.1 Å². The molecule has 0 atom stereocenters. The average molecular weight is 196 g/mol. The quantitative estimate of drug-likeness (QED) is 0.498. The molecule has 1 saturated carbocycles. The highest BCUT2D eigenvalue weighted by molar-refractivity contribution is 5.75. The third-order valence-corrected chi connectivity index (χ3v) is 3.64. The van der Waals surface area contributed by atoms with E-state index in [4.69, 9.17) is 11.5 Å². The molecule has 0 unspecified atom stereocenters. The zero-order valence-corrected chi connectivity index (χ0v) is 8.71. The van der Waals surface area contributed by atoms with Crippen molar-refractivity contribution in [1.82, 2.24) is 4.90 Å². The zero-order valence-electron chi connectivity index (χ0n) is 8.71. The molecule has 0 aromatic carbocycles. The van der Waals surface area contributed by atoms with Crippen LogP contribution < -0.4 is 11.5 Å². The van der Waals surface area contributed by atoms with Crippen LogP contribution in [0.2, 0.25) is 0 Å². The molecule has 2 rings (SSSR count). The van der Waals surface area contributed by atoms with Gasteiger partial charge in [-0.1, -0.05) is 6.42 Å². The van der Waals surface area contributed by atoms with Gasteiger partial charge in [-0.3, -0.25) is 4.99 Å². The van der Waals surface area contributed by atoms with E-state index in [1.807, 2.05) is 0 Å². The molecule has 0 aromatic heterocycles. The molecule has 1 spiro atoms. The van der Waals surface area contributed by atoms with Crippen molar-refractivity contribution in [2.75, 3.05) is 26.2 Å². The number of nitrogens with two attached hydrogens (primary N) is 2. The summed E-state index contributed by atoms with van der Waals surface area (Å²) in [6, 6.07) is 0. The van der Waals surface area contributed by atoms with Crippen molar-refractivity contribution in [3.63, 3.8) is 0 Å². The number of guanidine groups is 1. The molecule has 0 aromatic rings. The summed E-state index contributed by atoms with van der Waals surface area (Å²) in [6.45, 7) is 4.27. The van der Waals surface area contributed by atoms with E-state index < -0.39 is 0 Å². The normalized spacial score (nSPS) is 24.9. The van der Waals surface area contributed by atoms with Crippen molar-refractivity contribution in [2.45, 2.75) is 25.7 Å². The van der Waals surface area contributed by atoms with Crippen molar-refractivity contribution in [3.8, 4) is 0 Å². The van der Waals surface area contributed by atoms with Crippen molar-refractivity contribution in [3.05, 3.63) is 0 Å². The zero-order chi connectivity index (χ0) is 10.0. The van der Waals surface area contributed by atoms with E-state index in [2.05, 4.69) is 9.89 Å². The Kier molecular flexibility index (Phi) is 2.63. The number of likely N-dealkylation sites (tertiary alicyclic amines) is 1. The van der Waals surface area contributed by atoms with Gasteiger partial charge in [0.25, 0.3) is 0 Å². The third-order valence-electron chi connectivity index (χ3n) is 3.64. The molecule has 1 heterocycles. The molecule has 1 aliphatic heterocycles. The molecule has 0 radical (unpaired) electrons. The van der Waals surface area contributed by atoms with Gasteiger partial charge >= 0.3 is 0 Å². The Hall–Kier alpha value is -0.770. The first kappa shape index (κ1) is 9.77. The van der Waals surface area contributed by atoms with Crippen LogP contribution in [-0.4, -0.2) is 37.0 Å². The fourth-order valence-electron chi connectivity index (χ4n) is 2.62. The molecule has 1 aliphatic carbocycles. The molecule has 2 fully saturated rings. The minimum absolute atomic E-state index is 0.211. The average Bonchev–Trinajstić information content (AvgIpc) is 2.47. The van der Waals surface area contributed by atoms with Crippen molar-refractivity contribution in [2.24, 2.45) is 21.9 Å². The molecule has 0 bridgehead atoms. The van der Waals surface area contributed by atoms with Gasteiger partial charge in [0.1, 0.15) is 0 Å². The summed E-state index contributed by atoms with van der Waals surface area (Å²) in [5.74, 6) is 0.211. The van der Waals surface area contributed by atoms with Gasteiger partial charge in [0, 0.05) is 13.1 Å². The lowest BCUT2D eigenvalue weighted by Crippen LogP contribution is -2.34. The summed E-state index contributed by atoms with van der Waals surface area (Å²) in [4.78, 5) is 6.50. The second kappa shape index (κ2) is 3.77. The van der Waals surface area contributed by atoms with Gasteiger partial charge in [-0.15, -0.1) is 0 Å². The largest absolute Gasteiger partial charge is 0.370 e. The molecular weight excluding hydrogens is 176 g/mol. The predicted molar refractivity (Wildman–Crippen MR) is 58.0 cm³/mol. The van der Waals surface area contributed by atoms with E-state index in [1.165, 1.54) is 38.8 Å². The number of hydrogen-bond donors (Lipinski definition) is 2. The molecule has 4 N–H and O–H groups in total.